The van der Waals surface area contributed by atoms with E-state index in [1.165, 1.54) is 0 Å². The van der Waals surface area contributed by atoms with Crippen LogP contribution >= 0.6 is 0 Å². The predicted octanol–water partition coefficient (Wildman–Crippen LogP) is 1.51. The van der Waals surface area contributed by atoms with Crippen molar-refractivity contribution in [3.63, 3.8) is 0 Å². The van der Waals surface area contributed by atoms with Crippen LogP contribution in [0.1, 0.15) is 0 Å². The van der Waals surface area contributed by atoms with Gasteiger partial charge in [-0.15, -0.1) is 5.10 Å². The summed E-state index contributed by atoms with van der Waals surface area (Å²) in [5.74, 6) is 2.24. The summed E-state index contributed by atoms with van der Waals surface area (Å²) < 4.78 is 9.36. The quantitative estimate of drug-likeness (QED) is 0.459. The number of ether oxygens (including phenoxy) is 1. The molecule has 0 bridgehead atoms. The zero-order valence-electron chi connectivity index (χ0n) is 19.2. The normalized spacial score (nSPS) is 16.9. The van der Waals surface area contributed by atoms with Crippen molar-refractivity contribution in [1.82, 2.24) is 34.7 Å². The Hall–Kier alpha value is -3.70. The Morgan fingerprint density at radius 2 is 1.82 bits per heavy atom. The lowest BCUT2D eigenvalue weighted by atomic mass is 10.1. The van der Waals surface area contributed by atoms with Gasteiger partial charge in [0.2, 0.25) is 5.95 Å². The van der Waals surface area contributed by atoms with Gasteiger partial charge in [-0.3, -0.25) is 4.68 Å². The van der Waals surface area contributed by atoms with Gasteiger partial charge in [0.05, 0.1) is 43.0 Å². The molecule has 4 aromatic rings. The molecule has 2 fully saturated rings. The summed E-state index contributed by atoms with van der Waals surface area (Å²) in [6, 6.07) is 6.19. The molecule has 0 amide bonds. The smallest absolute Gasteiger partial charge is 0.246 e. The molecule has 2 aliphatic rings. The van der Waals surface area contributed by atoms with Gasteiger partial charge in [-0.2, -0.15) is 5.10 Å². The highest BCUT2D eigenvalue weighted by Crippen LogP contribution is 2.34. The van der Waals surface area contributed by atoms with Crippen molar-refractivity contribution in [3.05, 3.63) is 43.0 Å². The minimum atomic E-state index is 0.498. The molecule has 11 heteroatoms. The fourth-order valence-electron chi connectivity index (χ4n) is 4.55. The minimum absolute atomic E-state index is 0.498. The summed E-state index contributed by atoms with van der Waals surface area (Å²) in [7, 11) is 1.93. The Kier molecular flexibility index (Phi) is 5.47. The van der Waals surface area contributed by atoms with Crippen LogP contribution < -0.4 is 20.4 Å². The molecular formula is C23H28N10O. The molecule has 0 aliphatic carbocycles. The first kappa shape index (κ1) is 20.9. The van der Waals surface area contributed by atoms with Gasteiger partial charge in [-0.1, -0.05) is 0 Å². The van der Waals surface area contributed by atoms with Crippen molar-refractivity contribution < 1.29 is 4.74 Å². The van der Waals surface area contributed by atoms with Crippen molar-refractivity contribution in [1.29, 1.82) is 0 Å². The third-order valence-corrected chi connectivity index (χ3v) is 6.29. The zero-order valence-corrected chi connectivity index (χ0v) is 19.2. The van der Waals surface area contributed by atoms with E-state index in [2.05, 4.69) is 47.6 Å². The highest BCUT2D eigenvalue weighted by atomic mass is 16.5. The number of piperazine rings is 1. The molecule has 0 spiro atoms. The fourth-order valence-corrected chi connectivity index (χ4v) is 4.55. The maximum atomic E-state index is 5.59. The number of aryl methyl sites for hydroxylation is 1. The molecule has 0 saturated carbocycles. The Morgan fingerprint density at radius 3 is 2.56 bits per heavy atom. The van der Waals surface area contributed by atoms with E-state index in [9.17, 15) is 0 Å². The van der Waals surface area contributed by atoms with Crippen molar-refractivity contribution in [2.24, 2.45) is 7.05 Å². The summed E-state index contributed by atoms with van der Waals surface area (Å²) in [6.45, 7) is 6.98. The molecule has 6 rings (SSSR count). The van der Waals surface area contributed by atoms with Crippen LogP contribution in [0.25, 0.3) is 16.6 Å². The molecule has 2 N–H and O–H groups in total. The SMILES string of the molecule is Cn1cc(-c2cc3cnc(Nc4ccc(N5CCNCC5)cn4)nn3c2N2CCOCC2)cn1. The van der Waals surface area contributed by atoms with Gasteiger partial charge in [0.1, 0.15) is 11.6 Å². The van der Waals surface area contributed by atoms with Crippen LogP contribution in [0.3, 0.4) is 0 Å². The lowest BCUT2D eigenvalue weighted by Crippen LogP contribution is -2.43. The van der Waals surface area contributed by atoms with Crippen molar-refractivity contribution >= 4 is 28.8 Å². The van der Waals surface area contributed by atoms with Gasteiger partial charge in [0.25, 0.3) is 0 Å². The number of nitrogens with zero attached hydrogens (tertiary/aromatic N) is 8. The largest absolute Gasteiger partial charge is 0.378 e. The first-order valence-electron chi connectivity index (χ1n) is 11.6. The van der Waals surface area contributed by atoms with Crippen LogP contribution in [-0.2, 0) is 11.8 Å². The molecule has 34 heavy (non-hydrogen) atoms. The Labute approximate surface area is 197 Å². The first-order chi connectivity index (χ1) is 16.7. The molecule has 2 saturated heterocycles. The maximum absolute atomic E-state index is 5.59. The summed E-state index contributed by atoms with van der Waals surface area (Å²) in [5.41, 5.74) is 4.19. The maximum Gasteiger partial charge on any atom is 0.246 e. The van der Waals surface area contributed by atoms with Gasteiger partial charge in [0.15, 0.2) is 0 Å². The van der Waals surface area contributed by atoms with Gasteiger partial charge in [-0.25, -0.2) is 14.5 Å². The number of fused-ring (bicyclic) bond motifs is 1. The third kappa shape index (κ3) is 4.03. The van der Waals surface area contributed by atoms with Crippen molar-refractivity contribution in [2.45, 2.75) is 0 Å². The molecular weight excluding hydrogens is 432 g/mol. The van der Waals surface area contributed by atoms with Gasteiger partial charge in [-0.05, 0) is 18.2 Å². The van der Waals surface area contributed by atoms with Crippen LogP contribution in [-0.4, -0.2) is 81.8 Å². The third-order valence-electron chi connectivity index (χ3n) is 6.29. The number of nitrogens with one attached hydrogen (secondary N) is 2. The van der Waals surface area contributed by atoms with Crippen molar-refractivity contribution in [3.8, 4) is 11.1 Å². The number of rotatable bonds is 5. The highest BCUT2D eigenvalue weighted by molar-refractivity contribution is 5.82. The standard InChI is InChI=1S/C23H28N10O/c1-30-16-17(13-27-30)20-12-19-15-26-23(29-33(19)22(20)32-8-10-34-11-9-32)28-21-3-2-18(14-25-21)31-6-4-24-5-7-31/h2-3,12-16,24H,4-11H2,1H3,(H,25,28,29). The number of pyridine rings is 1. The first-order valence-corrected chi connectivity index (χ1v) is 11.6. The molecule has 2 aliphatic heterocycles. The molecule has 0 atom stereocenters. The summed E-state index contributed by atoms with van der Waals surface area (Å²) in [5, 5.41) is 15.8. The van der Waals surface area contributed by atoms with E-state index in [4.69, 9.17) is 9.84 Å². The van der Waals surface area contributed by atoms with Crippen LogP contribution in [0.4, 0.5) is 23.3 Å². The van der Waals surface area contributed by atoms with Gasteiger partial charge in [0, 0.05) is 63.6 Å². The average Bonchev–Trinajstić information content (AvgIpc) is 3.49. The number of hydrogen-bond donors (Lipinski definition) is 2. The second-order valence-corrected chi connectivity index (χ2v) is 8.57. The number of anilines is 4. The molecule has 0 aromatic carbocycles. The molecule has 176 valence electrons. The predicted molar refractivity (Wildman–Crippen MR) is 131 cm³/mol. The Balaban J connectivity index is 1.32. The van der Waals surface area contributed by atoms with E-state index in [0.29, 0.717) is 25.0 Å². The number of aromatic nitrogens is 6. The van der Waals surface area contributed by atoms with E-state index < -0.39 is 0 Å². The second kappa shape index (κ2) is 8.92. The molecule has 4 aromatic heterocycles. The van der Waals surface area contributed by atoms with E-state index >= 15 is 0 Å². The summed E-state index contributed by atoms with van der Waals surface area (Å²) in [4.78, 5) is 13.8. The highest BCUT2D eigenvalue weighted by Gasteiger charge is 2.22. The van der Waals surface area contributed by atoms with Crippen LogP contribution in [0.15, 0.2) is 43.0 Å². The van der Waals surface area contributed by atoms with Gasteiger partial charge >= 0.3 is 0 Å². The fraction of sp³-hybridized carbons (Fsp3) is 0.391. The van der Waals surface area contributed by atoms with Crippen LogP contribution in [0.5, 0.6) is 0 Å². The monoisotopic (exact) mass is 460 g/mol. The number of morpholine rings is 1. The molecule has 0 unspecified atom stereocenters. The van der Waals surface area contributed by atoms with Gasteiger partial charge < -0.3 is 25.2 Å². The second-order valence-electron chi connectivity index (χ2n) is 8.57. The minimum Gasteiger partial charge on any atom is -0.378 e. The molecule has 11 nitrogen and oxygen atoms in total. The lowest BCUT2D eigenvalue weighted by molar-refractivity contribution is 0.122. The van der Waals surface area contributed by atoms with E-state index in [0.717, 1.165) is 67.4 Å². The van der Waals surface area contributed by atoms with E-state index in [-0.39, 0.29) is 0 Å². The summed E-state index contributed by atoms with van der Waals surface area (Å²) >= 11 is 0. The van der Waals surface area contributed by atoms with Crippen molar-refractivity contribution in [2.75, 3.05) is 67.6 Å². The summed E-state index contributed by atoms with van der Waals surface area (Å²) in [6.07, 6.45) is 7.65. The lowest BCUT2D eigenvalue weighted by Gasteiger charge is -2.29. The van der Waals surface area contributed by atoms with Crippen LogP contribution in [0.2, 0.25) is 0 Å². The average molecular weight is 461 g/mol. The Bertz CT molecular complexity index is 1270. The van der Waals surface area contributed by atoms with Crippen LogP contribution in [0, 0.1) is 0 Å². The number of hydrogen-bond acceptors (Lipinski definition) is 9. The molecule has 0 radical (unpaired) electrons. The van der Waals surface area contributed by atoms with E-state index in [1.807, 2.05) is 47.1 Å². The molecule has 6 heterocycles. The topological polar surface area (TPSA) is 101 Å². The van der Waals surface area contributed by atoms with E-state index in [1.54, 1.807) is 0 Å². The zero-order chi connectivity index (χ0) is 22.9. The Morgan fingerprint density at radius 1 is 0.971 bits per heavy atom.